The number of aryl methyl sites for hydroxylation is 4. The maximum atomic E-state index is 14.9. The van der Waals surface area contributed by atoms with E-state index >= 15 is 0 Å². The Kier molecular flexibility index (Phi) is 7.79. The van der Waals surface area contributed by atoms with E-state index in [-0.39, 0.29) is 12.4 Å². The van der Waals surface area contributed by atoms with Gasteiger partial charge in [0.1, 0.15) is 12.8 Å². The van der Waals surface area contributed by atoms with Gasteiger partial charge in [0, 0.05) is 12.7 Å². The van der Waals surface area contributed by atoms with Gasteiger partial charge in [-0.05, 0) is 52.0 Å². The summed E-state index contributed by atoms with van der Waals surface area (Å²) in [5.74, 6) is -1.87. The average molecular weight is 477 g/mol. The van der Waals surface area contributed by atoms with E-state index in [1.54, 1.807) is 24.3 Å². The standard InChI is InChI=1S/C25H29FO6S/c1-14-6-15(2)9-19(8-14)24(28)30-12-22-23(21(26)13-33(22)32-18(5)27)31-25(29)20-10-16(3)7-17(4)11-20/h6-11,21-23,33H,12-13H2,1-5H3/t21-,22-,23+/m1/s1. The Morgan fingerprint density at radius 2 is 1.36 bits per heavy atom. The lowest BCUT2D eigenvalue weighted by Crippen LogP contribution is -2.36. The number of alkyl halides is 1. The molecule has 0 N–H and O–H groups in total. The van der Waals surface area contributed by atoms with Crippen LogP contribution in [0.1, 0.15) is 49.9 Å². The Morgan fingerprint density at radius 3 is 1.85 bits per heavy atom. The molecule has 0 aromatic heterocycles. The lowest BCUT2D eigenvalue weighted by molar-refractivity contribution is -0.130. The first-order valence-corrected chi connectivity index (χ1v) is 12.2. The molecule has 0 spiro atoms. The molecule has 0 bridgehead atoms. The third-order valence-corrected chi connectivity index (χ3v) is 7.63. The molecule has 2 aromatic rings. The molecule has 1 heterocycles. The van der Waals surface area contributed by atoms with Gasteiger partial charge in [-0.2, -0.15) is 0 Å². The molecule has 0 radical (unpaired) electrons. The van der Waals surface area contributed by atoms with Gasteiger partial charge in [0.25, 0.3) is 0 Å². The molecule has 1 fully saturated rings. The number of hydrogen-bond donors (Lipinski definition) is 1. The molecular formula is C25H29FO6S. The second-order valence-corrected chi connectivity index (χ2v) is 10.5. The Labute approximate surface area is 196 Å². The molecular weight excluding hydrogens is 447 g/mol. The van der Waals surface area contributed by atoms with Crippen molar-refractivity contribution in [3.8, 4) is 0 Å². The Morgan fingerprint density at radius 1 is 0.879 bits per heavy atom. The van der Waals surface area contributed by atoms with Gasteiger partial charge in [-0.25, -0.2) is 14.0 Å². The summed E-state index contributed by atoms with van der Waals surface area (Å²) in [6.45, 7) is 8.46. The summed E-state index contributed by atoms with van der Waals surface area (Å²) in [6, 6.07) is 10.6. The molecule has 0 saturated carbocycles. The van der Waals surface area contributed by atoms with E-state index in [1.807, 2.05) is 39.8 Å². The molecule has 178 valence electrons. The van der Waals surface area contributed by atoms with E-state index in [9.17, 15) is 18.8 Å². The quantitative estimate of drug-likeness (QED) is 0.376. The zero-order chi connectivity index (χ0) is 24.3. The maximum Gasteiger partial charge on any atom is 0.338 e. The highest BCUT2D eigenvalue weighted by Gasteiger charge is 2.47. The maximum absolute atomic E-state index is 14.9. The van der Waals surface area contributed by atoms with Gasteiger partial charge in [0.15, 0.2) is 6.10 Å². The van der Waals surface area contributed by atoms with Crippen molar-refractivity contribution in [3.05, 3.63) is 69.8 Å². The molecule has 1 aliphatic rings. The molecule has 8 heteroatoms. The number of hydrogen-bond acceptors (Lipinski definition) is 6. The number of rotatable bonds is 6. The van der Waals surface area contributed by atoms with Gasteiger partial charge in [-0.1, -0.05) is 45.6 Å². The smallest absolute Gasteiger partial charge is 0.338 e. The van der Waals surface area contributed by atoms with Crippen LogP contribution in [0, 0.1) is 27.7 Å². The van der Waals surface area contributed by atoms with Crippen LogP contribution in [-0.4, -0.2) is 47.8 Å². The highest BCUT2D eigenvalue weighted by molar-refractivity contribution is 8.14. The van der Waals surface area contributed by atoms with Crippen molar-refractivity contribution < 1.29 is 32.4 Å². The first kappa shape index (κ1) is 24.8. The minimum atomic E-state index is -1.63. The zero-order valence-corrected chi connectivity index (χ0v) is 20.3. The second-order valence-electron chi connectivity index (χ2n) is 8.49. The number of esters is 2. The van der Waals surface area contributed by atoms with Crippen molar-refractivity contribution in [3.63, 3.8) is 0 Å². The predicted octanol–water partition coefficient (Wildman–Crippen LogP) is 4.50. The van der Waals surface area contributed by atoms with Gasteiger partial charge in [-0.3, -0.25) is 4.79 Å². The minimum Gasteiger partial charge on any atom is -0.461 e. The highest BCUT2D eigenvalue weighted by Crippen LogP contribution is 2.46. The highest BCUT2D eigenvalue weighted by atomic mass is 32.2. The molecule has 2 aromatic carbocycles. The van der Waals surface area contributed by atoms with Crippen LogP contribution in [0.3, 0.4) is 0 Å². The van der Waals surface area contributed by atoms with Crippen LogP contribution in [0.4, 0.5) is 4.39 Å². The third-order valence-electron chi connectivity index (χ3n) is 5.25. The van der Waals surface area contributed by atoms with Crippen LogP contribution in [0.15, 0.2) is 36.4 Å². The summed E-state index contributed by atoms with van der Waals surface area (Å²) < 4.78 is 31.3. The normalized spacial score (nSPS) is 23.1. The average Bonchev–Trinajstić information content (AvgIpc) is 2.98. The Bertz CT molecular complexity index is 1030. The van der Waals surface area contributed by atoms with Crippen LogP contribution >= 0.6 is 11.2 Å². The van der Waals surface area contributed by atoms with Gasteiger partial charge >= 0.3 is 17.9 Å². The molecule has 1 unspecified atom stereocenters. The summed E-state index contributed by atoms with van der Waals surface area (Å²) in [4.78, 5) is 36.9. The van der Waals surface area contributed by atoms with E-state index in [4.69, 9.17) is 13.7 Å². The molecule has 6 nitrogen and oxygen atoms in total. The van der Waals surface area contributed by atoms with E-state index < -0.39 is 46.6 Å². The number of carbonyl (C=O) groups excluding carboxylic acids is 3. The van der Waals surface area contributed by atoms with Crippen LogP contribution in [-0.2, 0) is 18.5 Å². The van der Waals surface area contributed by atoms with Crippen molar-refractivity contribution in [2.24, 2.45) is 0 Å². The minimum absolute atomic E-state index is 0.0779. The van der Waals surface area contributed by atoms with E-state index in [0.29, 0.717) is 11.1 Å². The summed E-state index contributed by atoms with van der Waals surface area (Å²) in [5, 5.41) is -0.761. The fourth-order valence-electron chi connectivity index (χ4n) is 4.04. The van der Waals surface area contributed by atoms with Crippen LogP contribution in [0.25, 0.3) is 0 Å². The van der Waals surface area contributed by atoms with Crippen molar-refractivity contribution in [2.75, 3.05) is 12.4 Å². The zero-order valence-electron chi connectivity index (χ0n) is 19.4. The molecule has 3 rings (SSSR count). The molecule has 1 saturated heterocycles. The summed E-state index contributed by atoms with van der Waals surface area (Å²) in [6.07, 6.45) is -2.72. The molecule has 4 atom stereocenters. The number of thiol groups is 1. The van der Waals surface area contributed by atoms with Gasteiger partial charge in [0.05, 0.1) is 16.4 Å². The lowest BCUT2D eigenvalue weighted by atomic mass is 10.1. The van der Waals surface area contributed by atoms with Crippen molar-refractivity contribution in [2.45, 2.75) is 52.1 Å². The van der Waals surface area contributed by atoms with Crippen LogP contribution in [0.5, 0.6) is 0 Å². The van der Waals surface area contributed by atoms with Gasteiger partial charge < -0.3 is 13.7 Å². The number of halogens is 1. The van der Waals surface area contributed by atoms with E-state index in [1.165, 1.54) is 6.92 Å². The molecule has 0 aliphatic carbocycles. The third kappa shape index (κ3) is 6.35. The Hall–Kier alpha value is -2.87. The van der Waals surface area contributed by atoms with Crippen LogP contribution in [0.2, 0.25) is 0 Å². The van der Waals surface area contributed by atoms with Crippen molar-refractivity contribution >= 4 is 29.1 Å². The second kappa shape index (κ2) is 10.4. The predicted molar refractivity (Wildman–Crippen MR) is 126 cm³/mol. The number of carbonyl (C=O) groups is 3. The molecule has 33 heavy (non-hydrogen) atoms. The molecule has 0 amide bonds. The van der Waals surface area contributed by atoms with Crippen molar-refractivity contribution in [1.82, 2.24) is 0 Å². The summed E-state index contributed by atoms with van der Waals surface area (Å²) in [7, 11) is 0. The van der Waals surface area contributed by atoms with Crippen molar-refractivity contribution in [1.29, 1.82) is 0 Å². The first-order valence-electron chi connectivity index (χ1n) is 10.7. The van der Waals surface area contributed by atoms with E-state index in [0.717, 1.165) is 22.3 Å². The first-order chi connectivity index (χ1) is 15.5. The number of ether oxygens (including phenoxy) is 2. The fourth-order valence-corrected chi connectivity index (χ4v) is 6.22. The monoisotopic (exact) mass is 476 g/mol. The largest absolute Gasteiger partial charge is 0.461 e. The fraction of sp³-hybridized carbons (Fsp3) is 0.400. The molecule has 1 aliphatic heterocycles. The lowest BCUT2D eigenvalue weighted by Gasteiger charge is -2.26. The van der Waals surface area contributed by atoms with Gasteiger partial charge in [0.2, 0.25) is 0 Å². The number of benzene rings is 2. The van der Waals surface area contributed by atoms with Crippen LogP contribution < -0.4 is 0 Å². The summed E-state index contributed by atoms with van der Waals surface area (Å²) in [5.41, 5.74) is 4.28. The SMILES string of the molecule is CC(=O)O[SH]1C[C@@H](F)[C@H](OC(=O)c2cc(C)cc(C)c2)[C@H]1COC(=O)c1cc(C)cc(C)c1. The van der Waals surface area contributed by atoms with E-state index in [2.05, 4.69) is 0 Å². The topological polar surface area (TPSA) is 78.9 Å². The summed E-state index contributed by atoms with van der Waals surface area (Å²) >= 11 is -1.63. The van der Waals surface area contributed by atoms with Gasteiger partial charge in [-0.15, -0.1) is 0 Å². The Balaban J connectivity index is 1.78.